The Bertz CT molecular complexity index is 1340. The first-order chi connectivity index (χ1) is 19.5. The first-order valence-corrected chi connectivity index (χ1v) is 14.0. The monoisotopic (exact) mass is 565 g/mol. The van der Waals surface area contributed by atoms with E-state index < -0.39 is 5.60 Å². The standard InChI is InChI=1S/C26H31N5O3.C5H12O2/c1-17-19(16-30(5)25(32)34-26(2,3)4)14-28-15-21(17)18-9-10-23-20(12-18)22(13-27)29-31(23)24-8-6-7-11-33-24;1-4-5(6-2)7-3/h9-10,12,14-15,24H,6-8,11,16H2,1-5H3;5H,4H2,1-3H3. The normalized spacial score (nSPS) is 15.3. The summed E-state index contributed by atoms with van der Waals surface area (Å²) in [5, 5.41) is 15.1. The molecule has 10 nitrogen and oxygen atoms in total. The molecule has 10 heteroatoms. The molecule has 1 saturated heterocycles. The number of hydrogen-bond donors (Lipinski definition) is 0. The van der Waals surface area contributed by atoms with Gasteiger partial charge < -0.3 is 23.8 Å². The molecule has 4 rings (SSSR count). The number of pyridine rings is 1. The molecule has 1 unspecified atom stereocenters. The number of carbonyl (C=O) groups is 1. The summed E-state index contributed by atoms with van der Waals surface area (Å²) in [6.45, 7) is 10.7. The molecular formula is C31H43N5O5. The van der Waals surface area contributed by atoms with Gasteiger partial charge >= 0.3 is 6.09 Å². The van der Waals surface area contributed by atoms with E-state index in [0.29, 0.717) is 18.8 Å². The zero-order valence-electron chi connectivity index (χ0n) is 25.6. The number of ether oxygens (including phenoxy) is 4. The highest BCUT2D eigenvalue weighted by Gasteiger charge is 2.23. The number of nitriles is 1. The molecule has 1 aliphatic heterocycles. The highest BCUT2D eigenvalue weighted by Crippen LogP contribution is 2.32. The number of hydrogen-bond acceptors (Lipinski definition) is 8. The second-order valence-electron chi connectivity index (χ2n) is 11.1. The number of rotatable bonds is 7. The molecule has 41 heavy (non-hydrogen) atoms. The van der Waals surface area contributed by atoms with Crippen LogP contribution in [0, 0.1) is 18.3 Å². The Morgan fingerprint density at radius 2 is 1.98 bits per heavy atom. The minimum Gasteiger partial charge on any atom is -0.444 e. The van der Waals surface area contributed by atoms with Crippen molar-refractivity contribution in [1.82, 2.24) is 19.7 Å². The van der Waals surface area contributed by atoms with Crippen molar-refractivity contribution in [2.45, 2.75) is 85.0 Å². The van der Waals surface area contributed by atoms with Gasteiger partial charge in [-0.25, -0.2) is 9.48 Å². The number of nitrogens with zero attached hydrogens (tertiary/aromatic N) is 5. The highest BCUT2D eigenvalue weighted by molar-refractivity contribution is 5.89. The number of methoxy groups -OCH3 is 2. The van der Waals surface area contributed by atoms with E-state index in [0.717, 1.165) is 58.8 Å². The Labute approximate surface area is 243 Å². The van der Waals surface area contributed by atoms with Gasteiger partial charge in [0.1, 0.15) is 11.7 Å². The summed E-state index contributed by atoms with van der Waals surface area (Å²) >= 11 is 0. The summed E-state index contributed by atoms with van der Waals surface area (Å²) in [5.41, 5.74) is 4.56. The van der Waals surface area contributed by atoms with Crippen molar-refractivity contribution in [3.05, 3.63) is 47.4 Å². The quantitative estimate of drug-likeness (QED) is 0.304. The van der Waals surface area contributed by atoms with Gasteiger partial charge in [-0.15, -0.1) is 0 Å². The van der Waals surface area contributed by atoms with E-state index >= 15 is 0 Å². The number of aromatic nitrogens is 3. The van der Waals surface area contributed by atoms with Crippen LogP contribution in [0.2, 0.25) is 0 Å². The Morgan fingerprint density at radius 1 is 1.24 bits per heavy atom. The fourth-order valence-electron chi connectivity index (χ4n) is 4.64. The highest BCUT2D eigenvalue weighted by atomic mass is 16.7. The molecule has 0 radical (unpaired) electrons. The summed E-state index contributed by atoms with van der Waals surface area (Å²) in [6, 6.07) is 8.24. The van der Waals surface area contributed by atoms with Crippen LogP contribution < -0.4 is 0 Å². The van der Waals surface area contributed by atoms with E-state index in [1.165, 1.54) is 0 Å². The molecule has 0 bridgehead atoms. The van der Waals surface area contributed by atoms with Crippen molar-refractivity contribution in [1.29, 1.82) is 5.26 Å². The SMILES string of the molecule is CCC(OC)OC.Cc1c(CN(C)C(=O)OC(C)(C)C)cncc1-c1ccc2c(c1)c(C#N)nn2C1CCCCO1. The molecule has 1 fully saturated rings. The summed E-state index contributed by atoms with van der Waals surface area (Å²) in [4.78, 5) is 18.4. The summed E-state index contributed by atoms with van der Waals surface area (Å²) in [5.74, 6) is 0. The number of fused-ring (bicyclic) bond motifs is 1. The van der Waals surface area contributed by atoms with Crippen molar-refractivity contribution < 1.29 is 23.7 Å². The molecule has 0 spiro atoms. The minimum atomic E-state index is -0.554. The van der Waals surface area contributed by atoms with E-state index in [9.17, 15) is 10.1 Å². The van der Waals surface area contributed by atoms with Crippen LogP contribution in [0.5, 0.6) is 0 Å². The molecule has 0 N–H and O–H groups in total. The molecule has 2 aromatic heterocycles. The maximum Gasteiger partial charge on any atom is 0.410 e. The van der Waals surface area contributed by atoms with Gasteiger partial charge in [0.2, 0.25) is 0 Å². The van der Waals surface area contributed by atoms with Gasteiger partial charge in [0.15, 0.2) is 18.2 Å². The molecule has 1 amide bonds. The van der Waals surface area contributed by atoms with Gasteiger partial charge in [-0.2, -0.15) is 10.4 Å². The van der Waals surface area contributed by atoms with E-state index in [1.807, 2.05) is 63.7 Å². The van der Waals surface area contributed by atoms with Crippen LogP contribution in [-0.2, 0) is 25.5 Å². The maximum atomic E-state index is 12.4. The lowest BCUT2D eigenvalue weighted by molar-refractivity contribution is -0.103. The lowest BCUT2D eigenvalue weighted by atomic mass is 9.97. The number of carbonyl (C=O) groups excluding carboxylic acids is 1. The van der Waals surface area contributed by atoms with Gasteiger partial charge in [-0.05, 0) is 82.2 Å². The smallest absolute Gasteiger partial charge is 0.410 e. The summed E-state index contributed by atoms with van der Waals surface area (Å²) in [7, 11) is 4.99. The summed E-state index contributed by atoms with van der Waals surface area (Å²) < 4.78 is 22.9. The van der Waals surface area contributed by atoms with Gasteiger partial charge in [-0.3, -0.25) is 4.98 Å². The molecule has 1 aliphatic rings. The second kappa shape index (κ2) is 14.4. The topological polar surface area (TPSA) is 112 Å². The molecule has 0 aliphatic carbocycles. The number of amides is 1. The third-order valence-electron chi connectivity index (χ3n) is 6.84. The van der Waals surface area contributed by atoms with Crippen LogP contribution in [0.3, 0.4) is 0 Å². The molecule has 3 aromatic rings. The van der Waals surface area contributed by atoms with Crippen LogP contribution in [0.4, 0.5) is 4.79 Å². The predicted octanol–water partition coefficient (Wildman–Crippen LogP) is 6.36. The lowest BCUT2D eigenvalue weighted by Gasteiger charge is -2.25. The van der Waals surface area contributed by atoms with Crippen molar-refractivity contribution in [2.24, 2.45) is 0 Å². The Balaban J connectivity index is 0.000000587. The largest absolute Gasteiger partial charge is 0.444 e. The first kappa shape index (κ1) is 32.0. The Morgan fingerprint density at radius 3 is 2.54 bits per heavy atom. The van der Waals surface area contributed by atoms with Crippen molar-refractivity contribution in [3.8, 4) is 17.2 Å². The van der Waals surface area contributed by atoms with E-state index in [2.05, 4.69) is 16.2 Å². The van der Waals surface area contributed by atoms with Gasteiger partial charge in [0.05, 0.1) is 12.1 Å². The number of benzene rings is 1. The molecule has 3 heterocycles. The van der Waals surface area contributed by atoms with Gasteiger partial charge in [0, 0.05) is 51.2 Å². The minimum absolute atomic E-state index is 0.0139. The average molecular weight is 566 g/mol. The molecule has 1 aromatic carbocycles. The fourth-order valence-corrected chi connectivity index (χ4v) is 4.64. The predicted molar refractivity (Wildman–Crippen MR) is 157 cm³/mol. The summed E-state index contributed by atoms with van der Waals surface area (Å²) in [6.07, 6.45) is 6.99. The fraction of sp³-hybridized carbons (Fsp3) is 0.548. The van der Waals surface area contributed by atoms with E-state index in [-0.39, 0.29) is 18.6 Å². The van der Waals surface area contributed by atoms with Crippen molar-refractivity contribution in [2.75, 3.05) is 27.9 Å². The Kier molecular flexibility index (Phi) is 11.2. The second-order valence-corrected chi connectivity index (χ2v) is 11.1. The van der Waals surface area contributed by atoms with E-state index in [1.54, 1.807) is 32.4 Å². The van der Waals surface area contributed by atoms with Crippen LogP contribution >= 0.6 is 0 Å². The van der Waals surface area contributed by atoms with Crippen LogP contribution in [0.1, 0.15) is 76.4 Å². The first-order valence-electron chi connectivity index (χ1n) is 14.0. The van der Waals surface area contributed by atoms with Crippen LogP contribution in [-0.4, -0.2) is 65.5 Å². The third kappa shape index (κ3) is 8.26. The van der Waals surface area contributed by atoms with Gasteiger partial charge in [0.25, 0.3) is 0 Å². The van der Waals surface area contributed by atoms with E-state index in [4.69, 9.17) is 18.9 Å². The zero-order valence-corrected chi connectivity index (χ0v) is 25.6. The Hall–Kier alpha value is -3.52. The molecule has 0 saturated carbocycles. The van der Waals surface area contributed by atoms with Crippen LogP contribution in [0.15, 0.2) is 30.6 Å². The van der Waals surface area contributed by atoms with Gasteiger partial charge in [-0.1, -0.05) is 13.0 Å². The van der Waals surface area contributed by atoms with Crippen molar-refractivity contribution >= 4 is 17.0 Å². The lowest BCUT2D eigenvalue weighted by Crippen LogP contribution is -2.34. The molecule has 222 valence electrons. The zero-order chi connectivity index (χ0) is 30.2. The average Bonchev–Trinajstić information content (AvgIpc) is 3.33. The van der Waals surface area contributed by atoms with Crippen LogP contribution in [0.25, 0.3) is 22.0 Å². The molecule has 1 atom stereocenters. The maximum absolute atomic E-state index is 12.4. The van der Waals surface area contributed by atoms with Crippen molar-refractivity contribution in [3.63, 3.8) is 0 Å². The third-order valence-corrected chi connectivity index (χ3v) is 6.84. The molecular weight excluding hydrogens is 522 g/mol.